The van der Waals surface area contributed by atoms with Gasteiger partial charge in [0.05, 0.1) is 13.2 Å². The predicted octanol–water partition coefficient (Wildman–Crippen LogP) is 2.83. The summed E-state index contributed by atoms with van der Waals surface area (Å²) in [7, 11) is 0. The number of rotatable bonds is 6. The molecule has 126 valence electrons. The Morgan fingerprint density at radius 2 is 1.83 bits per heavy atom. The van der Waals surface area contributed by atoms with Crippen molar-refractivity contribution >= 4 is 33.5 Å². The molecule has 1 aliphatic rings. The summed E-state index contributed by atoms with van der Waals surface area (Å²) in [4.78, 5) is 28.2. The second-order valence-electron chi connectivity index (χ2n) is 5.60. The van der Waals surface area contributed by atoms with Gasteiger partial charge in [-0.05, 0) is 57.1 Å². The third kappa shape index (κ3) is 5.62. The smallest absolute Gasteiger partial charge is 0.326 e. The lowest BCUT2D eigenvalue weighted by molar-refractivity contribution is -0.142. The number of ether oxygens (including phenoxy) is 1. The maximum atomic E-state index is 12.7. The van der Waals surface area contributed by atoms with Crippen LogP contribution in [0.15, 0.2) is 28.7 Å². The molecule has 0 aliphatic carbocycles. The molecule has 0 radical (unpaired) electrons. The summed E-state index contributed by atoms with van der Waals surface area (Å²) < 4.78 is 5.93. The highest BCUT2D eigenvalue weighted by Gasteiger charge is 2.23. The fraction of sp³-hybridized carbons (Fsp3) is 0.529. The lowest BCUT2D eigenvalue weighted by Crippen LogP contribution is -2.44. The van der Waals surface area contributed by atoms with Crippen LogP contribution in [0.4, 0.5) is 5.69 Å². The SMILES string of the molecule is CCOC(=O)CN(C(=O)CN1CCCCC1)c1ccc(Br)cc1. The van der Waals surface area contributed by atoms with Crippen LogP contribution in [0.3, 0.4) is 0 Å². The number of piperidine rings is 1. The molecule has 6 heteroatoms. The first-order valence-electron chi connectivity index (χ1n) is 8.04. The van der Waals surface area contributed by atoms with Crippen molar-refractivity contribution in [2.75, 3.05) is 37.7 Å². The Bertz CT molecular complexity index is 527. The highest BCUT2D eigenvalue weighted by Crippen LogP contribution is 2.19. The minimum Gasteiger partial charge on any atom is -0.465 e. The van der Waals surface area contributed by atoms with Gasteiger partial charge in [-0.2, -0.15) is 0 Å². The van der Waals surface area contributed by atoms with Gasteiger partial charge in [-0.25, -0.2) is 0 Å². The lowest BCUT2D eigenvalue weighted by Gasteiger charge is -2.29. The summed E-state index contributed by atoms with van der Waals surface area (Å²) in [6.07, 6.45) is 3.48. The van der Waals surface area contributed by atoms with E-state index < -0.39 is 0 Å². The van der Waals surface area contributed by atoms with Crippen molar-refractivity contribution in [1.29, 1.82) is 0 Å². The highest BCUT2D eigenvalue weighted by molar-refractivity contribution is 9.10. The minimum absolute atomic E-state index is 0.0534. The summed E-state index contributed by atoms with van der Waals surface area (Å²) >= 11 is 3.38. The number of esters is 1. The third-order valence-corrected chi connectivity index (χ3v) is 4.37. The molecule has 2 rings (SSSR count). The molecule has 1 aromatic rings. The van der Waals surface area contributed by atoms with E-state index in [0.717, 1.165) is 30.4 Å². The van der Waals surface area contributed by atoms with Crippen molar-refractivity contribution in [3.63, 3.8) is 0 Å². The largest absolute Gasteiger partial charge is 0.465 e. The number of carbonyl (C=O) groups excluding carboxylic acids is 2. The summed E-state index contributed by atoms with van der Waals surface area (Å²) in [5.41, 5.74) is 0.711. The number of carbonyl (C=O) groups is 2. The maximum absolute atomic E-state index is 12.7. The van der Waals surface area contributed by atoms with Gasteiger partial charge in [-0.15, -0.1) is 0 Å². The van der Waals surface area contributed by atoms with Gasteiger partial charge in [0.1, 0.15) is 6.54 Å². The molecule has 1 saturated heterocycles. The molecule has 5 nitrogen and oxygen atoms in total. The van der Waals surface area contributed by atoms with Gasteiger partial charge in [-0.1, -0.05) is 22.4 Å². The van der Waals surface area contributed by atoms with E-state index >= 15 is 0 Å². The number of nitrogens with zero attached hydrogens (tertiary/aromatic N) is 2. The first-order chi connectivity index (χ1) is 11.1. The first kappa shape index (κ1) is 17.9. The molecule has 1 heterocycles. The zero-order chi connectivity index (χ0) is 16.7. The van der Waals surface area contributed by atoms with Crippen molar-refractivity contribution in [2.24, 2.45) is 0 Å². The molecule has 0 spiro atoms. The van der Waals surface area contributed by atoms with Crippen molar-refractivity contribution in [2.45, 2.75) is 26.2 Å². The number of halogens is 1. The van der Waals surface area contributed by atoms with Crippen LogP contribution in [-0.2, 0) is 14.3 Å². The Balaban J connectivity index is 2.09. The van der Waals surface area contributed by atoms with E-state index in [2.05, 4.69) is 20.8 Å². The average Bonchev–Trinajstić information content (AvgIpc) is 2.55. The van der Waals surface area contributed by atoms with E-state index in [-0.39, 0.29) is 18.4 Å². The molecule has 1 aliphatic heterocycles. The highest BCUT2D eigenvalue weighted by atomic mass is 79.9. The topological polar surface area (TPSA) is 49.9 Å². The lowest BCUT2D eigenvalue weighted by atomic mass is 10.1. The zero-order valence-corrected chi connectivity index (χ0v) is 15.0. The second kappa shape index (κ2) is 9.03. The summed E-state index contributed by atoms with van der Waals surface area (Å²) in [6.45, 7) is 4.25. The monoisotopic (exact) mass is 382 g/mol. The molecule has 0 aromatic heterocycles. The molecular weight excluding hydrogens is 360 g/mol. The van der Waals surface area contributed by atoms with Crippen molar-refractivity contribution in [3.05, 3.63) is 28.7 Å². The van der Waals surface area contributed by atoms with Gasteiger partial charge in [0.2, 0.25) is 5.91 Å². The molecule has 1 amide bonds. The Morgan fingerprint density at radius 3 is 2.43 bits per heavy atom. The van der Waals surface area contributed by atoms with E-state index in [4.69, 9.17) is 4.74 Å². The van der Waals surface area contributed by atoms with E-state index in [0.29, 0.717) is 18.8 Å². The van der Waals surface area contributed by atoms with E-state index in [1.165, 1.54) is 11.3 Å². The zero-order valence-electron chi connectivity index (χ0n) is 13.5. The van der Waals surface area contributed by atoms with Gasteiger partial charge in [0, 0.05) is 10.2 Å². The van der Waals surface area contributed by atoms with E-state index in [1.807, 2.05) is 24.3 Å². The van der Waals surface area contributed by atoms with Gasteiger partial charge in [-0.3, -0.25) is 14.5 Å². The van der Waals surface area contributed by atoms with Gasteiger partial charge in [0.25, 0.3) is 0 Å². The van der Waals surface area contributed by atoms with Crippen LogP contribution in [0.25, 0.3) is 0 Å². The third-order valence-electron chi connectivity index (χ3n) is 3.84. The normalized spacial score (nSPS) is 15.2. The second-order valence-corrected chi connectivity index (χ2v) is 6.51. The summed E-state index contributed by atoms with van der Waals surface area (Å²) in [6, 6.07) is 7.39. The van der Waals surface area contributed by atoms with Crippen molar-refractivity contribution in [1.82, 2.24) is 4.90 Å². The Morgan fingerprint density at radius 1 is 1.17 bits per heavy atom. The predicted molar refractivity (Wildman–Crippen MR) is 93.4 cm³/mol. The minimum atomic E-state index is -0.387. The van der Waals surface area contributed by atoms with Crippen LogP contribution < -0.4 is 4.90 Å². The number of hydrogen-bond acceptors (Lipinski definition) is 4. The van der Waals surface area contributed by atoms with E-state index in [9.17, 15) is 9.59 Å². The molecule has 0 bridgehead atoms. The molecule has 1 aromatic carbocycles. The van der Waals surface area contributed by atoms with Gasteiger partial charge < -0.3 is 9.64 Å². The quantitative estimate of drug-likeness (QED) is 0.709. The number of hydrogen-bond donors (Lipinski definition) is 0. The van der Waals surface area contributed by atoms with Crippen molar-refractivity contribution < 1.29 is 14.3 Å². The van der Waals surface area contributed by atoms with Gasteiger partial charge in [0.15, 0.2) is 0 Å². The summed E-state index contributed by atoms with van der Waals surface area (Å²) in [5.74, 6) is -0.454. The fourth-order valence-electron chi connectivity index (χ4n) is 2.67. The van der Waals surface area contributed by atoms with Crippen LogP contribution in [0.1, 0.15) is 26.2 Å². The molecule has 23 heavy (non-hydrogen) atoms. The van der Waals surface area contributed by atoms with Crippen LogP contribution in [0.2, 0.25) is 0 Å². The Hall–Kier alpha value is -1.40. The number of benzene rings is 1. The standard InChI is InChI=1S/C17H23BrN2O3/c1-2-23-17(22)13-20(15-8-6-14(18)7-9-15)16(21)12-19-10-4-3-5-11-19/h6-9H,2-5,10-13H2,1H3. The Kier molecular flexibility index (Phi) is 7.05. The van der Waals surface area contributed by atoms with Crippen LogP contribution in [-0.4, -0.2) is 49.6 Å². The number of anilines is 1. The molecular formula is C17H23BrN2O3. The number of likely N-dealkylation sites (tertiary alicyclic amines) is 1. The molecule has 1 fully saturated rings. The van der Waals surface area contributed by atoms with Crippen LogP contribution >= 0.6 is 15.9 Å². The van der Waals surface area contributed by atoms with Crippen LogP contribution in [0, 0.1) is 0 Å². The fourth-order valence-corrected chi connectivity index (χ4v) is 2.94. The summed E-state index contributed by atoms with van der Waals surface area (Å²) in [5, 5.41) is 0. The molecule has 0 unspecified atom stereocenters. The molecule has 0 saturated carbocycles. The molecule has 0 N–H and O–H groups in total. The van der Waals surface area contributed by atoms with Crippen LogP contribution in [0.5, 0.6) is 0 Å². The Labute approximate surface area is 145 Å². The first-order valence-corrected chi connectivity index (χ1v) is 8.83. The maximum Gasteiger partial charge on any atom is 0.326 e. The van der Waals surface area contributed by atoms with E-state index in [1.54, 1.807) is 6.92 Å². The van der Waals surface area contributed by atoms with Crippen molar-refractivity contribution in [3.8, 4) is 0 Å². The average molecular weight is 383 g/mol. The van der Waals surface area contributed by atoms with Gasteiger partial charge >= 0.3 is 5.97 Å². The molecule has 0 atom stereocenters. The number of amides is 1.